The van der Waals surface area contributed by atoms with E-state index in [1.807, 2.05) is 30.3 Å². The Labute approximate surface area is 146 Å². The molecule has 0 radical (unpaired) electrons. The minimum absolute atomic E-state index is 0.0486. The van der Waals surface area contributed by atoms with Gasteiger partial charge in [0.1, 0.15) is 5.82 Å². The van der Waals surface area contributed by atoms with Gasteiger partial charge in [-0.15, -0.1) is 0 Å². The molecule has 120 valence electrons. The Morgan fingerprint density at radius 2 is 2.13 bits per heavy atom. The van der Waals surface area contributed by atoms with Crippen LogP contribution in [-0.2, 0) is 21.5 Å². The SMILES string of the molecule is COC(=O)C[C@@]1(c2ccccc2)Cc2c(cc(F)c(Cl)c2Br)N1. The predicted molar refractivity (Wildman–Crippen MR) is 91.2 cm³/mol. The molecule has 0 spiro atoms. The summed E-state index contributed by atoms with van der Waals surface area (Å²) in [5.74, 6) is -0.844. The molecule has 0 bridgehead atoms. The van der Waals surface area contributed by atoms with Crippen LogP contribution >= 0.6 is 27.5 Å². The second kappa shape index (κ2) is 6.13. The van der Waals surface area contributed by atoms with Crippen LogP contribution < -0.4 is 5.32 Å². The molecule has 6 heteroatoms. The van der Waals surface area contributed by atoms with Gasteiger partial charge in [0.05, 0.1) is 24.1 Å². The zero-order chi connectivity index (χ0) is 16.6. The molecule has 0 saturated heterocycles. The number of esters is 1. The first kappa shape index (κ1) is 16.3. The quantitative estimate of drug-likeness (QED) is 0.603. The first-order valence-electron chi connectivity index (χ1n) is 7.04. The Kier molecular flexibility index (Phi) is 4.34. The molecule has 1 N–H and O–H groups in total. The zero-order valence-electron chi connectivity index (χ0n) is 12.3. The maximum absolute atomic E-state index is 13.9. The average Bonchev–Trinajstić information content (AvgIpc) is 2.93. The first-order valence-corrected chi connectivity index (χ1v) is 8.21. The molecule has 0 aromatic heterocycles. The third kappa shape index (κ3) is 2.83. The number of nitrogens with one attached hydrogen (secondary N) is 1. The van der Waals surface area contributed by atoms with Crippen molar-refractivity contribution >= 4 is 39.2 Å². The maximum Gasteiger partial charge on any atom is 0.308 e. The molecule has 0 aliphatic carbocycles. The molecule has 0 unspecified atom stereocenters. The Morgan fingerprint density at radius 1 is 1.43 bits per heavy atom. The van der Waals surface area contributed by atoms with Gasteiger partial charge in [-0.2, -0.15) is 0 Å². The number of hydrogen-bond acceptors (Lipinski definition) is 3. The van der Waals surface area contributed by atoms with E-state index >= 15 is 0 Å². The summed E-state index contributed by atoms with van der Waals surface area (Å²) in [6, 6.07) is 11.0. The van der Waals surface area contributed by atoms with Gasteiger partial charge in [-0.25, -0.2) is 4.39 Å². The van der Waals surface area contributed by atoms with Crippen LogP contribution in [0.4, 0.5) is 10.1 Å². The van der Waals surface area contributed by atoms with Crippen LogP contribution in [0.15, 0.2) is 40.9 Å². The molecule has 0 saturated carbocycles. The van der Waals surface area contributed by atoms with Gasteiger partial charge in [0, 0.05) is 16.6 Å². The standard InChI is InChI=1S/C17H14BrClFNO2/c1-23-14(22)9-17(10-5-3-2-4-6-10)8-11-13(21-17)7-12(20)16(19)15(11)18/h2-7,21H,8-9H2,1H3/t17-/m1/s1. The molecule has 23 heavy (non-hydrogen) atoms. The van der Waals surface area contributed by atoms with Crippen molar-refractivity contribution in [3.63, 3.8) is 0 Å². The zero-order valence-corrected chi connectivity index (χ0v) is 14.7. The van der Waals surface area contributed by atoms with Gasteiger partial charge in [-0.3, -0.25) is 4.79 Å². The van der Waals surface area contributed by atoms with Gasteiger partial charge < -0.3 is 10.1 Å². The summed E-state index contributed by atoms with van der Waals surface area (Å²) in [5.41, 5.74) is 1.73. The van der Waals surface area contributed by atoms with E-state index in [9.17, 15) is 9.18 Å². The molecule has 1 heterocycles. The Morgan fingerprint density at radius 3 is 2.78 bits per heavy atom. The van der Waals surface area contributed by atoms with Gasteiger partial charge in [0.15, 0.2) is 0 Å². The molecule has 3 nitrogen and oxygen atoms in total. The van der Waals surface area contributed by atoms with Gasteiger partial charge >= 0.3 is 5.97 Å². The summed E-state index contributed by atoms with van der Waals surface area (Å²) in [4.78, 5) is 11.9. The molecule has 0 fully saturated rings. The van der Waals surface area contributed by atoms with Crippen molar-refractivity contribution in [1.29, 1.82) is 0 Å². The number of methoxy groups -OCH3 is 1. The Balaban J connectivity index is 2.10. The number of ether oxygens (including phenoxy) is 1. The van der Waals surface area contributed by atoms with E-state index in [4.69, 9.17) is 16.3 Å². The first-order chi connectivity index (χ1) is 11.0. The topological polar surface area (TPSA) is 38.3 Å². The van der Waals surface area contributed by atoms with E-state index in [1.54, 1.807) is 0 Å². The van der Waals surface area contributed by atoms with Crippen LogP contribution in [0.2, 0.25) is 5.02 Å². The van der Waals surface area contributed by atoms with Gasteiger partial charge in [-0.05, 0) is 33.1 Å². The second-order valence-corrected chi connectivity index (χ2v) is 6.69. The van der Waals surface area contributed by atoms with Crippen molar-refractivity contribution < 1.29 is 13.9 Å². The highest BCUT2D eigenvalue weighted by atomic mass is 79.9. The summed E-state index contributed by atoms with van der Waals surface area (Å²) in [7, 11) is 1.36. The normalized spacial score (nSPS) is 19.1. The van der Waals surface area contributed by atoms with Gasteiger partial charge in [-0.1, -0.05) is 41.9 Å². The smallest absolute Gasteiger partial charge is 0.308 e. The lowest BCUT2D eigenvalue weighted by Crippen LogP contribution is -2.36. The molecule has 1 aliphatic heterocycles. The van der Waals surface area contributed by atoms with Gasteiger partial charge in [0.25, 0.3) is 0 Å². The van der Waals surface area contributed by atoms with Crippen LogP contribution in [-0.4, -0.2) is 13.1 Å². The van der Waals surface area contributed by atoms with Crippen LogP contribution in [0.5, 0.6) is 0 Å². The molecule has 3 rings (SSSR count). The number of fused-ring (bicyclic) bond motifs is 1. The van der Waals surface area contributed by atoms with Crippen LogP contribution in [0, 0.1) is 5.82 Å². The van der Waals surface area contributed by atoms with E-state index in [0.717, 1.165) is 11.1 Å². The lowest BCUT2D eigenvalue weighted by Gasteiger charge is -2.29. The van der Waals surface area contributed by atoms with Crippen molar-refractivity contribution in [1.82, 2.24) is 0 Å². The number of halogens is 3. The summed E-state index contributed by atoms with van der Waals surface area (Å²) in [6.45, 7) is 0. The molecular weight excluding hydrogens is 385 g/mol. The molecule has 1 atom stereocenters. The molecule has 2 aromatic rings. The lowest BCUT2D eigenvalue weighted by atomic mass is 9.84. The monoisotopic (exact) mass is 397 g/mol. The predicted octanol–water partition coefficient (Wildman–Crippen LogP) is 4.67. The molecule has 2 aromatic carbocycles. The second-order valence-electron chi connectivity index (χ2n) is 5.52. The summed E-state index contributed by atoms with van der Waals surface area (Å²) in [5, 5.41) is 3.36. The summed E-state index contributed by atoms with van der Waals surface area (Å²) in [6.07, 6.45) is 0.635. The highest BCUT2D eigenvalue weighted by Gasteiger charge is 2.42. The average molecular weight is 399 g/mol. The Hall–Kier alpha value is -1.59. The van der Waals surface area contributed by atoms with E-state index in [-0.39, 0.29) is 17.4 Å². The minimum atomic E-state index is -0.684. The highest BCUT2D eigenvalue weighted by Crippen LogP contribution is 2.47. The van der Waals surface area contributed by atoms with Crippen LogP contribution in [0.3, 0.4) is 0 Å². The highest BCUT2D eigenvalue weighted by molar-refractivity contribution is 9.10. The van der Waals surface area contributed by atoms with Crippen molar-refractivity contribution in [3.05, 3.63) is 62.8 Å². The lowest BCUT2D eigenvalue weighted by molar-refractivity contribution is -0.141. The van der Waals surface area contributed by atoms with E-state index in [1.165, 1.54) is 13.2 Å². The fraction of sp³-hybridized carbons (Fsp3) is 0.235. The molecule has 0 amide bonds. The maximum atomic E-state index is 13.9. The third-order valence-electron chi connectivity index (χ3n) is 4.12. The van der Waals surface area contributed by atoms with E-state index < -0.39 is 11.4 Å². The molecule has 1 aliphatic rings. The largest absolute Gasteiger partial charge is 0.469 e. The fourth-order valence-corrected chi connectivity index (χ4v) is 3.69. The van der Waals surface area contributed by atoms with Crippen LogP contribution in [0.1, 0.15) is 17.5 Å². The number of hydrogen-bond donors (Lipinski definition) is 1. The Bertz CT molecular complexity index is 769. The summed E-state index contributed by atoms with van der Waals surface area (Å²) < 4.78 is 19.3. The van der Waals surface area contributed by atoms with Crippen molar-refractivity contribution in [2.45, 2.75) is 18.4 Å². The minimum Gasteiger partial charge on any atom is -0.469 e. The number of carbonyl (C=O) groups is 1. The number of benzene rings is 2. The third-order valence-corrected chi connectivity index (χ3v) is 5.59. The van der Waals surface area contributed by atoms with Gasteiger partial charge in [0.2, 0.25) is 0 Å². The van der Waals surface area contributed by atoms with E-state index in [0.29, 0.717) is 16.6 Å². The molecular formula is C17H14BrClFNO2. The fourth-order valence-electron chi connectivity index (χ4n) is 2.98. The van der Waals surface area contributed by atoms with E-state index in [2.05, 4.69) is 21.2 Å². The van der Waals surface area contributed by atoms with Crippen LogP contribution in [0.25, 0.3) is 0 Å². The number of anilines is 1. The van der Waals surface area contributed by atoms with Crippen molar-refractivity contribution in [2.24, 2.45) is 0 Å². The van der Waals surface area contributed by atoms with Crippen molar-refractivity contribution in [2.75, 3.05) is 12.4 Å². The van der Waals surface area contributed by atoms with Crippen molar-refractivity contribution in [3.8, 4) is 0 Å². The summed E-state index contributed by atoms with van der Waals surface area (Å²) >= 11 is 9.35. The number of carbonyl (C=O) groups excluding carboxylic acids is 1. The number of rotatable bonds is 3.